The molecule has 10 aromatic rings. The number of hydrogen-bond acceptors (Lipinski definition) is 1. The van der Waals surface area contributed by atoms with E-state index in [1.165, 1.54) is 88.7 Å². The standard InChI is InChI=1S/C62H45N/c1-61(2)56-29-17-22-45-32-37-51(44-20-9-4-10-21-44)60(59(45)56)54-39-36-49(40-57(54)61)63(48-33-30-43(31-34-48)42-18-7-3-8-19-42)50-35-38-53-52-27-15-16-28-55(52)62(58(53)41-50,46-23-11-5-12-24-46)47-25-13-6-14-26-47/h3-41H,1-2H3. The number of hydrogen-bond donors (Lipinski definition) is 0. The average Bonchev–Trinajstić information content (AvgIpc) is 3.65. The third-order valence-electron chi connectivity index (χ3n) is 13.9. The molecule has 0 N–H and O–H groups in total. The van der Waals surface area contributed by atoms with E-state index >= 15 is 0 Å². The zero-order chi connectivity index (χ0) is 42.1. The first-order chi connectivity index (χ1) is 31.0. The predicted molar refractivity (Wildman–Crippen MR) is 264 cm³/mol. The van der Waals surface area contributed by atoms with Gasteiger partial charge in [0.15, 0.2) is 0 Å². The molecule has 0 saturated carbocycles. The second-order valence-electron chi connectivity index (χ2n) is 17.6. The summed E-state index contributed by atoms with van der Waals surface area (Å²) in [7, 11) is 0. The summed E-state index contributed by atoms with van der Waals surface area (Å²) in [4.78, 5) is 2.48. The molecule has 0 bridgehead atoms. The molecule has 2 aliphatic carbocycles. The highest BCUT2D eigenvalue weighted by Gasteiger charge is 2.46. The first kappa shape index (κ1) is 37.1. The third-order valence-corrected chi connectivity index (χ3v) is 13.9. The fraction of sp³-hybridized carbons (Fsp3) is 0.0645. The molecular formula is C62H45N. The van der Waals surface area contributed by atoms with Crippen LogP contribution in [0.2, 0.25) is 0 Å². The van der Waals surface area contributed by atoms with Crippen molar-refractivity contribution in [2.75, 3.05) is 4.90 Å². The topological polar surface area (TPSA) is 3.24 Å². The van der Waals surface area contributed by atoms with Crippen LogP contribution in [0, 0.1) is 0 Å². The molecule has 0 saturated heterocycles. The molecule has 2 aliphatic rings. The lowest BCUT2D eigenvalue weighted by Gasteiger charge is -2.38. The van der Waals surface area contributed by atoms with Gasteiger partial charge in [0.05, 0.1) is 5.41 Å². The minimum Gasteiger partial charge on any atom is -0.310 e. The molecule has 0 amide bonds. The van der Waals surface area contributed by atoms with Gasteiger partial charge in [-0.1, -0.05) is 214 Å². The van der Waals surface area contributed by atoms with Crippen molar-refractivity contribution in [2.45, 2.75) is 24.7 Å². The van der Waals surface area contributed by atoms with Gasteiger partial charge in [0.25, 0.3) is 0 Å². The van der Waals surface area contributed by atoms with Crippen LogP contribution >= 0.6 is 0 Å². The van der Waals surface area contributed by atoms with Gasteiger partial charge < -0.3 is 4.90 Å². The van der Waals surface area contributed by atoms with E-state index in [0.717, 1.165) is 17.1 Å². The van der Waals surface area contributed by atoms with Crippen LogP contribution in [0.15, 0.2) is 237 Å². The van der Waals surface area contributed by atoms with Crippen molar-refractivity contribution in [1.82, 2.24) is 0 Å². The highest BCUT2D eigenvalue weighted by Crippen LogP contribution is 2.58. The fourth-order valence-electron chi connectivity index (χ4n) is 11.0. The summed E-state index contributed by atoms with van der Waals surface area (Å²) < 4.78 is 0. The summed E-state index contributed by atoms with van der Waals surface area (Å²) in [5, 5.41) is 2.64. The van der Waals surface area contributed by atoms with E-state index in [1.54, 1.807) is 0 Å². The number of rotatable bonds is 7. The Hall–Kier alpha value is -7.74. The van der Waals surface area contributed by atoms with Gasteiger partial charge >= 0.3 is 0 Å². The van der Waals surface area contributed by atoms with Gasteiger partial charge in [-0.15, -0.1) is 0 Å². The van der Waals surface area contributed by atoms with Crippen molar-refractivity contribution in [3.05, 3.63) is 270 Å². The van der Waals surface area contributed by atoms with Crippen molar-refractivity contribution in [3.63, 3.8) is 0 Å². The quantitative estimate of drug-likeness (QED) is 0.155. The van der Waals surface area contributed by atoms with Crippen LogP contribution in [0.3, 0.4) is 0 Å². The minimum absolute atomic E-state index is 0.259. The van der Waals surface area contributed by atoms with Gasteiger partial charge in [-0.25, -0.2) is 0 Å². The molecule has 0 fully saturated rings. The third kappa shape index (κ3) is 5.63. The van der Waals surface area contributed by atoms with Crippen molar-refractivity contribution in [3.8, 4) is 44.5 Å². The van der Waals surface area contributed by atoms with E-state index in [0.29, 0.717) is 0 Å². The van der Waals surface area contributed by atoms with Crippen molar-refractivity contribution in [1.29, 1.82) is 0 Å². The molecule has 0 spiro atoms. The summed E-state index contributed by atoms with van der Waals surface area (Å²) >= 11 is 0. The number of fused-ring (bicyclic) bond motifs is 5. The zero-order valence-electron chi connectivity index (χ0n) is 35.5. The Morgan fingerprint density at radius 3 is 1.48 bits per heavy atom. The molecule has 63 heavy (non-hydrogen) atoms. The van der Waals surface area contributed by atoms with Gasteiger partial charge in [-0.2, -0.15) is 0 Å². The fourth-order valence-corrected chi connectivity index (χ4v) is 11.0. The smallest absolute Gasteiger partial charge is 0.0714 e. The SMILES string of the molecule is CC1(C)c2cc(N(c3ccc(-c4ccccc4)cc3)c3ccc4c(c3)C(c3ccccc3)(c3ccccc3)c3ccccc3-4)ccc2-c2c(-c3ccccc3)ccc3cccc1c23. The van der Waals surface area contributed by atoms with Crippen LogP contribution in [0.25, 0.3) is 55.3 Å². The number of benzene rings is 10. The molecule has 12 rings (SSSR count). The summed E-state index contributed by atoms with van der Waals surface area (Å²) in [6, 6.07) is 87.8. The molecule has 0 atom stereocenters. The Bertz CT molecular complexity index is 3290. The maximum Gasteiger partial charge on any atom is 0.0714 e. The van der Waals surface area contributed by atoms with Crippen LogP contribution < -0.4 is 4.90 Å². The van der Waals surface area contributed by atoms with Crippen LogP contribution in [-0.2, 0) is 10.8 Å². The second-order valence-corrected chi connectivity index (χ2v) is 17.6. The lowest BCUT2D eigenvalue weighted by molar-refractivity contribution is 0.645. The van der Waals surface area contributed by atoms with Gasteiger partial charge in [0.2, 0.25) is 0 Å². The Balaban J connectivity index is 1.11. The Morgan fingerprint density at radius 2 is 0.810 bits per heavy atom. The lowest BCUT2D eigenvalue weighted by Crippen LogP contribution is -2.28. The van der Waals surface area contributed by atoms with Gasteiger partial charge in [0.1, 0.15) is 0 Å². The number of anilines is 3. The van der Waals surface area contributed by atoms with Crippen molar-refractivity contribution >= 4 is 27.8 Å². The van der Waals surface area contributed by atoms with E-state index in [4.69, 9.17) is 0 Å². The first-order valence-corrected chi connectivity index (χ1v) is 22.1. The Morgan fingerprint density at radius 1 is 0.317 bits per heavy atom. The summed E-state index contributed by atoms with van der Waals surface area (Å²) in [5.41, 5.74) is 20.5. The summed E-state index contributed by atoms with van der Waals surface area (Å²) in [6.45, 7) is 4.81. The molecule has 298 valence electrons. The van der Waals surface area contributed by atoms with Crippen molar-refractivity contribution < 1.29 is 0 Å². The normalized spacial score (nSPS) is 13.8. The zero-order valence-corrected chi connectivity index (χ0v) is 35.5. The molecule has 0 aromatic heterocycles. The molecule has 10 aromatic carbocycles. The Labute approximate surface area is 370 Å². The first-order valence-electron chi connectivity index (χ1n) is 22.1. The predicted octanol–water partition coefficient (Wildman–Crippen LogP) is 16.3. The molecule has 0 heterocycles. The van der Waals surface area contributed by atoms with Crippen LogP contribution in [0.5, 0.6) is 0 Å². The van der Waals surface area contributed by atoms with Gasteiger partial charge in [-0.05, 0) is 125 Å². The largest absolute Gasteiger partial charge is 0.310 e. The average molecular weight is 804 g/mol. The highest BCUT2D eigenvalue weighted by molar-refractivity contribution is 6.09. The van der Waals surface area contributed by atoms with E-state index in [2.05, 4.69) is 255 Å². The van der Waals surface area contributed by atoms with E-state index in [-0.39, 0.29) is 5.41 Å². The van der Waals surface area contributed by atoms with E-state index < -0.39 is 5.41 Å². The molecular weight excluding hydrogens is 759 g/mol. The molecule has 0 radical (unpaired) electrons. The van der Waals surface area contributed by atoms with Crippen LogP contribution in [0.4, 0.5) is 17.1 Å². The molecule has 1 heteroatoms. The maximum atomic E-state index is 2.48. The second kappa shape index (κ2) is 14.4. The van der Waals surface area contributed by atoms with Crippen LogP contribution in [0.1, 0.15) is 47.2 Å². The van der Waals surface area contributed by atoms with Crippen LogP contribution in [-0.4, -0.2) is 0 Å². The van der Waals surface area contributed by atoms with Gasteiger partial charge in [-0.3, -0.25) is 0 Å². The molecule has 0 aliphatic heterocycles. The molecule has 0 unspecified atom stereocenters. The van der Waals surface area contributed by atoms with E-state index in [1.807, 2.05) is 0 Å². The highest BCUT2D eigenvalue weighted by atomic mass is 15.1. The van der Waals surface area contributed by atoms with Gasteiger partial charge in [0, 0.05) is 22.5 Å². The monoisotopic (exact) mass is 803 g/mol. The maximum absolute atomic E-state index is 2.48. The summed E-state index contributed by atoms with van der Waals surface area (Å²) in [6.07, 6.45) is 0. The van der Waals surface area contributed by atoms with Crippen molar-refractivity contribution in [2.24, 2.45) is 0 Å². The minimum atomic E-state index is -0.513. The summed E-state index contributed by atoms with van der Waals surface area (Å²) in [5.74, 6) is 0. The number of nitrogens with zero attached hydrogens (tertiary/aromatic N) is 1. The van der Waals surface area contributed by atoms with E-state index in [9.17, 15) is 0 Å². The Kier molecular flexibility index (Phi) is 8.49. The lowest BCUT2D eigenvalue weighted by atomic mass is 9.67. The molecule has 1 nitrogen and oxygen atoms in total.